The minimum absolute atomic E-state index is 0.101. The molecule has 1 rings (SSSR count). The first-order valence-corrected chi connectivity index (χ1v) is 6.80. The second-order valence-corrected chi connectivity index (χ2v) is 5.98. The Hall–Kier alpha value is -1.06. The highest BCUT2D eigenvalue weighted by Crippen LogP contribution is 2.35. The molecular formula is C16H27NO2. The Bertz CT molecular complexity index is 433. The Morgan fingerprint density at radius 2 is 1.79 bits per heavy atom. The highest BCUT2D eigenvalue weighted by Gasteiger charge is 2.29. The summed E-state index contributed by atoms with van der Waals surface area (Å²) in [7, 11) is 3.58. The molecule has 1 aromatic carbocycles. The van der Waals surface area contributed by atoms with Gasteiger partial charge in [-0.05, 0) is 62.6 Å². The average Bonchev–Trinajstić information content (AvgIpc) is 2.29. The molecule has 0 amide bonds. The maximum absolute atomic E-state index is 10.3. The Morgan fingerprint density at radius 3 is 2.16 bits per heavy atom. The Labute approximate surface area is 117 Å². The average molecular weight is 265 g/mol. The summed E-state index contributed by atoms with van der Waals surface area (Å²) in [5.41, 5.74) is 2.61. The van der Waals surface area contributed by atoms with Gasteiger partial charge >= 0.3 is 0 Å². The van der Waals surface area contributed by atoms with Crippen molar-refractivity contribution >= 4 is 0 Å². The summed E-state index contributed by atoms with van der Waals surface area (Å²) >= 11 is 0. The number of hydrogen-bond donors (Lipinski definition) is 2. The molecule has 19 heavy (non-hydrogen) atoms. The fraction of sp³-hybridized carbons (Fsp3) is 0.625. The van der Waals surface area contributed by atoms with E-state index in [4.69, 9.17) is 4.74 Å². The molecule has 108 valence electrons. The van der Waals surface area contributed by atoms with Crippen LogP contribution in [0.25, 0.3) is 0 Å². The van der Waals surface area contributed by atoms with Gasteiger partial charge in [-0.1, -0.05) is 13.8 Å². The number of rotatable bonds is 5. The highest BCUT2D eigenvalue weighted by atomic mass is 16.5. The van der Waals surface area contributed by atoms with Crippen LogP contribution < -0.4 is 10.1 Å². The summed E-state index contributed by atoms with van der Waals surface area (Å²) in [6.45, 7) is 10.0. The first-order valence-electron chi connectivity index (χ1n) is 6.80. The summed E-state index contributed by atoms with van der Waals surface area (Å²) < 4.78 is 5.46. The van der Waals surface area contributed by atoms with Gasteiger partial charge in [0.05, 0.1) is 18.8 Å². The van der Waals surface area contributed by atoms with Crippen LogP contribution in [0.15, 0.2) is 12.1 Å². The predicted octanol–water partition coefficient (Wildman–Crippen LogP) is 3.16. The molecule has 0 aliphatic carbocycles. The molecule has 3 heteroatoms. The van der Waals surface area contributed by atoms with Crippen molar-refractivity contribution in [3.8, 4) is 5.75 Å². The lowest BCUT2D eigenvalue weighted by molar-refractivity contribution is 0.0397. The van der Waals surface area contributed by atoms with Gasteiger partial charge in [-0.2, -0.15) is 0 Å². The quantitative estimate of drug-likeness (QED) is 0.859. The molecule has 0 radical (unpaired) electrons. The number of nitrogens with one attached hydrogen (secondary N) is 1. The summed E-state index contributed by atoms with van der Waals surface area (Å²) in [5.74, 6) is 1.30. The van der Waals surface area contributed by atoms with E-state index in [1.54, 1.807) is 7.11 Å². The first-order chi connectivity index (χ1) is 8.72. The van der Waals surface area contributed by atoms with Gasteiger partial charge in [0.15, 0.2) is 0 Å². The lowest BCUT2D eigenvalue weighted by Crippen LogP contribution is -2.37. The summed E-state index contributed by atoms with van der Waals surface area (Å²) in [5, 5.41) is 13.5. The van der Waals surface area contributed by atoms with Crippen LogP contribution in [0.3, 0.4) is 0 Å². The van der Waals surface area contributed by atoms with E-state index in [9.17, 15) is 5.11 Å². The van der Waals surface area contributed by atoms with Crippen LogP contribution in [0.4, 0.5) is 0 Å². The van der Waals surface area contributed by atoms with Crippen LogP contribution in [0, 0.1) is 6.92 Å². The van der Waals surface area contributed by atoms with Crippen LogP contribution >= 0.6 is 0 Å². The monoisotopic (exact) mass is 265 g/mol. The summed E-state index contributed by atoms with van der Waals surface area (Å²) in [6.07, 6.45) is 0. The molecule has 2 N–H and O–H groups in total. The maximum Gasteiger partial charge on any atom is 0.122 e. The Morgan fingerprint density at radius 1 is 1.21 bits per heavy atom. The third-order valence-corrected chi connectivity index (χ3v) is 3.55. The minimum Gasteiger partial charge on any atom is -0.496 e. The second-order valence-electron chi connectivity index (χ2n) is 5.98. The Balaban J connectivity index is 3.39. The van der Waals surface area contributed by atoms with Crippen molar-refractivity contribution in [2.24, 2.45) is 0 Å². The third kappa shape index (κ3) is 3.48. The lowest BCUT2D eigenvalue weighted by Gasteiger charge is -2.31. The molecule has 1 unspecified atom stereocenters. The molecule has 0 aromatic heterocycles. The van der Waals surface area contributed by atoms with Crippen LogP contribution in [-0.4, -0.2) is 24.9 Å². The van der Waals surface area contributed by atoms with E-state index in [1.165, 1.54) is 5.56 Å². The number of likely N-dealkylation sites (N-methyl/N-ethyl adjacent to an activating group) is 1. The smallest absolute Gasteiger partial charge is 0.122 e. The minimum atomic E-state index is -0.817. The number of ether oxygens (including phenoxy) is 1. The van der Waals surface area contributed by atoms with Gasteiger partial charge in [-0.15, -0.1) is 0 Å². The normalized spacial score (nSPS) is 13.7. The van der Waals surface area contributed by atoms with Crippen LogP contribution in [-0.2, 0) is 0 Å². The molecule has 1 atom stereocenters. The molecule has 0 saturated heterocycles. The molecule has 0 fully saturated rings. The van der Waals surface area contributed by atoms with Gasteiger partial charge in [-0.3, -0.25) is 0 Å². The fourth-order valence-electron chi connectivity index (χ4n) is 2.54. The van der Waals surface area contributed by atoms with Gasteiger partial charge < -0.3 is 15.2 Å². The maximum atomic E-state index is 10.3. The SMILES string of the molecule is CNC(c1cc(C(C)C)c(OC)cc1C)C(C)(C)O. The topological polar surface area (TPSA) is 41.5 Å². The van der Waals surface area contributed by atoms with Gasteiger partial charge in [0, 0.05) is 0 Å². The van der Waals surface area contributed by atoms with Crippen LogP contribution in [0.2, 0.25) is 0 Å². The molecular weight excluding hydrogens is 238 g/mol. The van der Waals surface area contributed by atoms with E-state index in [0.29, 0.717) is 5.92 Å². The molecule has 0 spiro atoms. The zero-order chi connectivity index (χ0) is 14.8. The van der Waals surface area contributed by atoms with E-state index < -0.39 is 5.60 Å². The number of benzene rings is 1. The van der Waals surface area contributed by atoms with E-state index in [1.807, 2.05) is 20.9 Å². The van der Waals surface area contributed by atoms with Gasteiger partial charge in [0.2, 0.25) is 0 Å². The van der Waals surface area contributed by atoms with Gasteiger partial charge in [-0.25, -0.2) is 0 Å². The zero-order valence-corrected chi connectivity index (χ0v) is 13.2. The van der Waals surface area contributed by atoms with Crippen molar-refractivity contribution in [3.63, 3.8) is 0 Å². The fourth-order valence-corrected chi connectivity index (χ4v) is 2.54. The molecule has 0 aliphatic heterocycles. The van der Waals surface area contributed by atoms with E-state index in [0.717, 1.165) is 16.9 Å². The molecule has 0 bridgehead atoms. The van der Waals surface area contributed by atoms with Crippen molar-refractivity contribution in [1.29, 1.82) is 0 Å². The standard InChI is InChI=1S/C16H27NO2/c1-10(2)12-9-13(11(3)8-14(12)19-7)15(17-6)16(4,5)18/h8-10,15,17-18H,1-7H3. The summed E-state index contributed by atoms with van der Waals surface area (Å²) in [6, 6.07) is 4.11. The van der Waals surface area contributed by atoms with Crippen molar-refractivity contribution < 1.29 is 9.84 Å². The summed E-state index contributed by atoms with van der Waals surface area (Å²) in [4.78, 5) is 0. The number of aliphatic hydroxyl groups is 1. The lowest BCUT2D eigenvalue weighted by atomic mass is 9.86. The van der Waals surface area contributed by atoms with Crippen molar-refractivity contribution in [2.45, 2.75) is 52.2 Å². The van der Waals surface area contributed by atoms with Crippen molar-refractivity contribution in [3.05, 3.63) is 28.8 Å². The van der Waals surface area contributed by atoms with Crippen molar-refractivity contribution in [2.75, 3.05) is 14.2 Å². The third-order valence-electron chi connectivity index (χ3n) is 3.55. The van der Waals surface area contributed by atoms with E-state index >= 15 is 0 Å². The largest absolute Gasteiger partial charge is 0.496 e. The zero-order valence-electron chi connectivity index (χ0n) is 13.2. The number of methoxy groups -OCH3 is 1. The van der Waals surface area contributed by atoms with Crippen molar-refractivity contribution in [1.82, 2.24) is 5.32 Å². The molecule has 0 heterocycles. The van der Waals surface area contributed by atoms with E-state index in [-0.39, 0.29) is 6.04 Å². The Kier molecular flexibility index (Phi) is 4.99. The van der Waals surface area contributed by atoms with Gasteiger partial charge in [0.1, 0.15) is 5.75 Å². The second kappa shape index (κ2) is 5.93. The number of aryl methyl sites for hydroxylation is 1. The molecule has 3 nitrogen and oxygen atoms in total. The first kappa shape index (κ1) is 16.0. The van der Waals surface area contributed by atoms with E-state index in [2.05, 4.69) is 38.2 Å². The van der Waals surface area contributed by atoms with Gasteiger partial charge in [0.25, 0.3) is 0 Å². The van der Waals surface area contributed by atoms with Crippen LogP contribution in [0.5, 0.6) is 5.75 Å². The molecule has 0 saturated carbocycles. The molecule has 1 aromatic rings. The molecule has 0 aliphatic rings. The van der Waals surface area contributed by atoms with Crippen LogP contribution in [0.1, 0.15) is 56.3 Å². The number of hydrogen-bond acceptors (Lipinski definition) is 3. The highest BCUT2D eigenvalue weighted by molar-refractivity contribution is 5.45. The predicted molar refractivity (Wildman–Crippen MR) is 79.9 cm³/mol.